The summed E-state index contributed by atoms with van der Waals surface area (Å²) in [4.78, 5) is 9.72. The molecule has 0 aromatic rings. The van der Waals surface area contributed by atoms with E-state index in [4.69, 9.17) is 9.05 Å². The van der Waals surface area contributed by atoms with Crippen LogP contribution in [-0.2, 0) is 13.6 Å². The van der Waals surface area contributed by atoms with E-state index in [0.29, 0.717) is 11.8 Å². The van der Waals surface area contributed by atoms with E-state index in [1.54, 1.807) is 0 Å². The maximum atomic E-state index is 11.9. The number of phosphoric acid groups is 1. The lowest BCUT2D eigenvalue weighted by molar-refractivity contribution is 0.131. The first kappa shape index (κ1) is 23.1. The van der Waals surface area contributed by atoms with E-state index in [9.17, 15) is 9.46 Å². The molecule has 0 rings (SSSR count). The topological polar surface area (TPSA) is 55.8 Å². The van der Waals surface area contributed by atoms with E-state index in [1.165, 1.54) is 0 Å². The fourth-order valence-corrected chi connectivity index (χ4v) is 3.82. The molecule has 0 aliphatic heterocycles. The second-order valence-electron chi connectivity index (χ2n) is 9.45. The number of hydrogen-bond donors (Lipinski definition) is 1. The van der Waals surface area contributed by atoms with Crippen LogP contribution in [0.25, 0.3) is 0 Å². The smallest absolute Gasteiger partial charge is 0.302 e. The van der Waals surface area contributed by atoms with Gasteiger partial charge >= 0.3 is 7.82 Å². The van der Waals surface area contributed by atoms with Crippen LogP contribution < -0.4 is 0 Å². The number of phosphoric ester groups is 1. The third-order valence-corrected chi connectivity index (χ3v) is 4.67. The van der Waals surface area contributed by atoms with Crippen molar-refractivity contribution in [3.8, 4) is 0 Å². The lowest BCUT2D eigenvalue weighted by Crippen LogP contribution is -2.13. The minimum Gasteiger partial charge on any atom is -0.302 e. The second-order valence-corrected chi connectivity index (χ2v) is 10.9. The van der Waals surface area contributed by atoms with Crippen molar-refractivity contribution in [1.82, 2.24) is 0 Å². The maximum Gasteiger partial charge on any atom is 0.472 e. The molecule has 0 fully saturated rings. The Bertz CT molecular complexity index is 336. The maximum absolute atomic E-state index is 11.9. The first-order chi connectivity index (χ1) is 10.2. The van der Waals surface area contributed by atoms with Crippen molar-refractivity contribution < 1.29 is 18.5 Å². The molecule has 0 saturated heterocycles. The minimum absolute atomic E-state index is 0.266. The molecule has 0 unspecified atom stereocenters. The van der Waals surface area contributed by atoms with Gasteiger partial charge in [0.1, 0.15) is 0 Å². The highest BCUT2D eigenvalue weighted by molar-refractivity contribution is 7.47. The molecular formula is C18H39O4P. The Morgan fingerprint density at radius 3 is 1.39 bits per heavy atom. The van der Waals surface area contributed by atoms with Gasteiger partial charge in [0.2, 0.25) is 0 Å². The van der Waals surface area contributed by atoms with Gasteiger partial charge < -0.3 is 4.89 Å². The first-order valence-electron chi connectivity index (χ1n) is 8.82. The zero-order valence-electron chi connectivity index (χ0n) is 16.5. The molecule has 0 aliphatic rings. The molecule has 4 nitrogen and oxygen atoms in total. The van der Waals surface area contributed by atoms with Crippen LogP contribution >= 0.6 is 7.82 Å². The average Bonchev–Trinajstić information content (AvgIpc) is 2.22. The van der Waals surface area contributed by atoms with Crippen LogP contribution in [0.15, 0.2) is 0 Å². The standard InChI is InChI=1S/C18H39O4P/c1-15(13-17(3,4)5)9-11-21-23(19,20)22-12-10-16(2)14-18(6,7)8/h15-16H,9-14H2,1-8H3,(H,19,20)/t15-,16-/m0/s1. The summed E-state index contributed by atoms with van der Waals surface area (Å²) in [7, 11) is -3.91. The molecule has 0 aromatic heterocycles. The predicted octanol–water partition coefficient (Wildman–Crippen LogP) is 6.04. The Morgan fingerprint density at radius 1 is 0.826 bits per heavy atom. The molecule has 0 saturated carbocycles. The molecule has 1 N–H and O–H groups in total. The van der Waals surface area contributed by atoms with Crippen LogP contribution in [0.3, 0.4) is 0 Å². The summed E-state index contributed by atoms with van der Waals surface area (Å²) >= 11 is 0. The van der Waals surface area contributed by atoms with Crippen LogP contribution in [0.4, 0.5) is 0 Å². The van der Waals surface area contributed by atoms with E-state index in [2.05, 4.69) is 55.4 Å². The molecule has 0 aromatic carbocycles. The second kappa shape index (κ2) is 9.56. The number of hydrogen-bond acceptors (Lipinski definition) is 3. The lowest BCUT2D eigenvalue weighted by Gasteiger charge is -2.24. The van der Waals surface area contributed by atoms with Gasteiger partial charge in [-0.2, -0.15) is 0 Å². The normalized spacial score (nSPS) is 16.4. The first-order valence-corrected chi connectivity index (χ1v) is 10.3. The molecule has 23 heavy (non-hydrogen) atoms. The summed E-state index contributed by atoms with van der Waals surface area (Å²) in [6, 6.07) is 0. The Kier molecular flexibility index (Phi) is 9.60. The van der Waals surface area contributed by atoms with Crippen molar-refractivity contribution in [2.45, 2.75) is 81.1 Å². The average molecular weight is 350 g/mol. The fourth-order valence-electron chi connectivity index (χ4n) is 3.07. The summed E-state index contributed by atoms with van der Waals surface area (Å²) in [6.45, 7) is 18.0. The van der Waals surface area contributed by atoms with Gasteiger partial charge in [0.25, 0.3) is 0 Å². The fraction of sp³-hybridized carbons (Fsp3) is 1.00. The van der Waals surface area contributed by atoms with E-state index in [-0.39, 0.29) is 24.0 Å². The van der Waals surface area contributed by atoms with Crippen molar-refractivity contribution in [3.05, 3.63) is 0 Å². The Morgan fingerprint density at radius 2 is 1.13 bits per heavy atom. The Labute approximate surface area is 144 Å². The molecule has 0 aliphatic carbocycles. The van der Waals surface area contributed by atoms with Crippen LogP contribution in [0, 0.1) is 22.7 Å². The molecular weight excluding hydrogens is 311 g/mol. The van der Waals surface area contributed by atoms with E-state index in [0.717, 1.165) is 25.7 Å². The van der Waals surface area contributed by atoms with Gasteiger partial charge in [0.05, 0.1) is 13.2 Å². The molecule has 0 amide bonds. The molecule has 5 heteroatoms. The molecule has 0 spiro atoms. The largest absolute Gasteiger partial charge is 0.472 e. The van der Waals surface area contributed by atoms with Crippen LogP contribution in [-0.4, -0.2) is 18.1 Å². The van der Waals surface area contributed by atoms with Gasteiger partial charge in [-0.3, -0.25) is 9.05 Å². The van der Waals surface area contributed by atoms with E-state index >= 15 is 0 Å². The highest BCUT2D eigenvalue weighted by Gasteiger charge is 2.23. The Balaban J connectivity index is 3.95. The molecule has 0 radical (unpaired) electrons. The zero-order valence-corrected chi connectivity index (χ0v) is 17.4. The van der Waals surface area contributed by atoms with Crippen molar-refractivity contribution in [1.29, 1.82) is 0 Å². The van der Waals surface area contributed by atoms with Crippen LogP contribution in [0.2, 0.25) is 0 Å². The van der Waals surface area contributed by atoms with Gasteiger partial charge in [-0.25, -0.2) is 4.57 Å². The van der Waals surface area contributed by atoms with E-state index < -0.39 is 7.82 Å². The van der Waals surface area contributed by atoms with E-state index in [1.807, 2.05) is 0 Å². The van der Waals surface area contributed by atoms with Gasteiger partial charge in [0.15, 0.2) is 0 Å². The lowest BCUT2D eigenvalue weighted by atomic mass is 9.84. The van der Waals surface area contributed by atoms with Crippen molar-refractivity contribution in [2.24, 2.45) is 22.7 Å². The van der Waals surface area contributed by atoms with Gasteiger partial charge in [-0.15, -0.1) is 0 Å². The highest BCUT2D eigenvalue weighted by atomic mass is 31.2. The highest BCUT2D eigenvalue weighted by Crippen LogP contribution is 2.44. The third kappa shape index (κ3) is 15.4. The quantitative estimate of drug-likeness (QED) is 0.488. The van der Waals surface area contributed by atoms with Gasteiger partial charge in [-0.1, -0.05) is 55.4 Å². The molecule has 0 heterocycles. The SMILES string of the molecule is C[C@@H](CCOP(=O)(O)OCC[C@H](C)CC(C)(C)C)CC(C)(C)C. The van der Waals surface area contributed by atoms with Crippen LogP contribution in [0.5, 0.6) is 0 Å². The minimum atomic E-state index is -3.91. The summed E-state index contributed by atoms with van der Waals surface area (Å²) in [6.07, 6.45) is 3.67. The predicted molar refractivity (Wildman–Crippen MR) is 97.4 cm³/mol. The van der Waals surface area contributed by atoms with Crippen molar-refractivity contribution in [2.75, 3.05) is 13.2 Å². The number of rotatable bonds is 10. The summed E-state index contributed by atoms with van der Waals surface area (Å²) in [5, 5.41) is 0. The molecule has 140 valence electrons. The monoisotopic (exact) mass is 350 g/mol. The van der Waals surface area contributed by atoms with Gasteiger partial charge in [-0.05, 0) is 48.3 Å². The third-order valence-electron chi connectivity index (χ3n) is 3.65. The summed E-state index contributed by atoms with van der Waals surface area (Å²) in [5.74, 6) is 0.920. The summed E-state index contributed by atoms with van der Waals surface area (Å²) in [5.41, 5.74) is 0.532. The zero-order chi connectivity index (χ0) is 18.3. The van der Waals surface area contributed by atoms with Gasteiger partial charge in [0, 0.05) is 0 Å². The van der Waals surface area contributed by atoms with Crippen molar-refractivity contribution >= 4 is 7.82 Å². The van der Waals surface area contributed by atoms with Crippen molar-refractivity contribution in [3.63, 3.8) is 0 Å². The van der Waals surface area contributed by atoms with Crippen LogP contribution in [0.1, 0.15) is 81.1 Å². The molecule has 2 atom stereocenters. The molecule has 0 bridgehead atoms. The Hall–Kier alpha value is 0.110. The summed E-state index contributed by atoms with van der Waals surface area (Å²) < 4.78 is 22.0.